The molecule has 0 aromatic heterocycles. The Morgan fingerprint density at radius 1 is 1.14 bits per heavy atom. The van der Waals surface area contributed by atoms with Gasteiger partial charge in [-0.2, -0.15) is 0 Å². The van der Waals surface area contributed by atoms with Crippen LogP contribution in [0, 0.1) is 5.92 Å². The second-order valence-corrected chi connectivity index (χ2v) is 7.68. The smallest absolute Gasteiger partial charge is 0.242 e. The molecule has 0 radical (unpaired) electrons. The van der Waals surface area contributed by atoms with Crippen molar-refractivity contribution in [1.82, 2.24) is 10.6 Å². The first-order valence-electron chi connectivity index (χ1n) is 10.0. The number of nitrogens with one attached hydrogen (secondary N) is 2. The number of nitrogens with zero attached hydrogens (tertiary/aromatic N) is 1. The molecule has 3 amide bonds. The lowest BCUT2D eigenvalue weighted by Crippen LogP contribution is -2.50. The van der Waals surface area contributed by atoms with Gasteiger partial charge in [0, 0.05) is 24.7 Å². The predicted octanol–water partition coefficient (Wildman–Crippen LogP) is 2.00. The summed E-state index contributed by atoms with van der Waals surface area (Å²) in [5.41, 5.74) is 0.740. The Bertz CT molecular complexity index is 713. The highest BCUT2D eigenvalue weighted by Crippen LogP contribution is 2.27. The van der Waals surface area contributed by atoms with E-state index in [0.29, 0.717) is 12.3 Å². The Balaban J connectivity index is 1.52. The van der Waals surface area contributed by atoms with Crippen molar-refractivity contribution in [2.24, 2.45) is 5.92 Å². The number of carbonyl (C=O) groups excluding carboxylic acids is 3. The Hall–Kier alpha value is -2.57. The fourth-order valence-electron chi connectivity index (χ4n) is 3.86. The molecule has 3 rings (SSSR count). The Morgan fingerprint density at radius 2 is 1.82 bits per heavy atom. The molecule has 2 aliphatic rings. The van der Waals surface area contributed by atoms with Crippen LogP contribution in [0.2, 0.25) is 0 Å². The number of hydrogen-bond acceptors (Lipinski definition) is 4. The number of amides is 3. The number of benzene rings is 1. The number of rotatable bonds is 6. The van der Waals surface area contributed by atoms with E-state index in [-0.39, 0.29) is 30.2 Å². The third-order valence-corrected chi connectivity index (χ3v) is 5.58. The van der Waals surface area contributed by atoms with Gasteiger partial charge in [0.15, 0.2) is 0 Å². The van der Waals surface area contributed by atoms with Crippen LogP contribution in [0.5, 0.6) is 5.75 Å². The minimum absolute atomic E-state index is 0.0929. The summed E-state index contributed by atoms with van der Waals surface area (Å²) < 4.78 is 5.13. The molecule has 1 aliphatic carbocycles. The lowest BCUT2D eigenvalue weighted by atomic mass is 9.95. The van der Waals surface area contributed by atoms with Gasteiger partial charge in [-0.1, -0.05) is 19.3 Å². The topological polar surface area (TPSA) is 87.7 Å². The van der Waals surface area contributed by atoms with Crippen LogP contribution in [0.4, 0.5) is 5.69 Å². The van der Waals surface area contributed by atoms with Crippen LogP contribution in [0.15, 0.2) is 24.3 Å². The summed E-state index contributed by atoms with van der Waals surface area (Å²) in [6.45, 7) is 2.00. The number of anilines is 1. The van der Waals surface area contributed by atoms with E-state index in [9.17, 15) is 14.4 Å². The fourth-order valence-corrected chi connectivity index (χ4v) is 3.86. The molecule has 1 aromatic rings. The quantitative estimate of drug-likeness (QED) is 0.782. The zero-order valence-corrected chi connectivity index (χ0v) is 16.6. The van der Waals surface area contributed by atoms with Gasteiger partial charge in [0.25, 0.3) is 0 Å². The molecule has 7 nitrogen and oxygen atoms in total. The van der Waals surface area contributed by atoms with Crippen LogP contribution in [-0.4, -0.2) is 43.5 Å². The number of ether oxygens (including phenoxy) is 1. The highest BCUT2D eigenvalue weighted by molar-refractivity contribution is 6.01. The van der Waals surface area contributed by atoms with Crippen LogP contribution >= 0.6 is 0 Å². The molecule has 152 valence electrons. The van der Waals surface area contributed by atoms with E-state index in [1.54, 1.807) is 43.2 Å². The van der Waals surface area contributed by atoms with Gasteiger partial charge in [-0.25, -0.2) is 0 Å². The molecule has 1 saturated carbocycles. The maximum atomic E-state index is 12.6. The van der Waals surface area contributed by atoms with Crippen LogP contribution in [0.25, 0.3) is 0 Å². The van der Waals surface area contributed by atoms with Crippen molar-refractivity contribution in [3.05, 3.63) is 24.3 Å². The van der Waals surface area contributed by atoms with E-state index in [1.807, 2.05) is 0 Å². The van der Waals surface area contributed by atoms with Gasteiger partial charge >= 0.3 is 0 Å². The molecule has 7 heteroatoms. The SMILES string of the molecule is COc1ccc(N2CC(C(=O)N[C@H](C)C(=O)NC3CCCCC3)CC2=O)cc1. The molecule has 28 heavy (non-hydrogen) atoms. The normalized spacial score (nSPS) is 21.3. The van der Waals surface area contributed by atoms with Gasteiger partial charge in [-0.3, -0.25) is 14.4 Å². The molecule has 2 N–H and O–H groups in total. The van der Waals surface area contributed by atoms with Crippen LogP contribution in [-0.2, 0) is 14.4 Å². The Morgan fingerprint density at radius 3 is 2.46 bits per heavy atom. The van der Waals surface area contributed by atoms with E-state index in [1.165, 1.54) is 6.42 Å². The standard InChI is InChI=1S/C21H29N3O4/c1-14(20(26)23-16-6-4-3-5-7-16)22-21(27)15-12-19(25)24(13-15)17-8-10-18(28-2)11-9-17/h8-11,14-16H,3-7,12-13H2,1-2H3,(H,22,27)(H,23,26)/t14-,15?/m1/s1. The molecule has 2 fully saturated rings. The molecular formula is C21H29N3O4. The van der Waals surface area contributed by atoms with E-state index in [0.717, 1.165) is 31.4 Å². The first kappa shape index (κ1) is 20.2. The van der Waals surface area contributed by atoms with Gasteiger partial charge in [-0.15, -0.1) is 0 Å². The first-order valence-corrected chi connectivity index (χ1v) is 10.0. The monoisotopic (exact) mass is 387 g/mol. The van der Waals surface area contributed by atoms with E-state index < -0.39 is 12.0 Å². The highest BCUT2D eigenvalue weighted by atomic mass is 16.5. The zero-order valence-electron chi connectivity index (χ0n) is 16.6. The molecule has 1 aliphatic heterocycles. The summed E-state index contributed by atoms with van der Waals surface area (Å²) in [5, 5.41) is 5.80. The van der Waals surface area contributed by atoms with Crippen molar-refractivity contribution >= 4 is 23.4 Å². The molecule has 1 saturated heterocycles. The van der Waals surface area contributed by atoms with E-state index in [2.05, 4.69) is 10.6 Å². The van der Waals surface area contributed by atoms with Crippen LogP contribution < -0.4 is 20.3 Å². The summed E-state index contributed by atoms with van der Waals surface area (Å²) in [5.74, 6) is -0.251. The molecule has 1 unspecified atom stereocenters. The van der Waals surface area contributed by atoms with Crippen molar-refractivity contribution in [3.63, 3.8) is 0 Å². The fraction of sp³-hybridized carbons (Fsp3) is 0.571. The summed E-state index contributed by atoms with van der Waals surface area (Å²) >= 11 is 0. The van der Waals surface area contributed by atoms with Crippen molar-refractivity contribution in [2.75, 3.05) is 18.6 Å². The largest absolute Gasteiger partial charge is 0.497 e. The van der Waals surface area contributed by atoms with Gasteiger partial charge in [0.2, 0.25) is 17.7 Å². The lowest BCUT2D eigenvalue weighted by Gasteiger charge is -2.25. The summed E-state index contributed by atoms with van der Waals surface area (Å²) in [4.78, 5) is 38.9. The molecule has 2 atom stereocenters. The average molecular weight is 387 g/mol. The molecule has 0 spiro atoms. The predicted molar refractivity (Wildman–Crippen MR) is 106 cm³/mol. The van der Waals surface area contributed by atoms with Crippen molar-refractivity contribution in [2.45, 2.75) is 57.5 Å². The second-order valence-electron chi connectivity index (χ2n) is 7.68. The van der Waals surface area contributed by atoms with Gasteiger partial charge in [-0.05, 0) is 44.0 Å². The van der Waals surface area contributed by atoms with Crippen molar-refractivity contribution < 1.29 is 19.1 Å². The van der Waals surface area contributed by atoms with Gasteiger partial charge in [0.05, 0.1) is 13.0 Å². The Labute approximate surface area is 165 Å². The maximum Gasteiger partial charge on any atom is 0.242 e. The number of carbonyl (C=O) groups is 3. The molecular weight excluding hydrogens is 358 g/mol. The summed E-state index contributed by atoms with van der Waals surface area (Å²) in [6, 6.07) is 6.77. The summed E-state index contributed by atoms with van der Waals surface area (Å²) in [6.07, 6.45) is 5.64. The zero-order chi connectivity index (χ0) is 20.1. The van der Waals surface area contributed by atoms with Gasteiger partial charge in [0.1, 0.15) is 11.8 Å². The first-order chi connectivity index (χ1) is 13.5. The van der Waals surface area contributed by atoms with Crippen molar-refractivity contribution in [1.29, 1.82) is 0 Å². The van der Waals surface area contributed by atoms with Crippen LogP contribution in [0.1, 0.15) is 45.4 Å². The molecule has 1 aromatic carbocycles. The lowest BCUT2D eigenvalue weighted by molar-refractivity contribution is -0.131. The number of hydrogen-bond donors (Lipinski definition) is 2. The number of methoxy groups -OCH3 is 1. The summed E-state index contributed by atoms with van der Waals surface area (Å²) in [7, 11) is 1.59. The second kappa shape index (κ2) is 9.08. The van der Waals surface area contributed by atoms with E-state index in [4.69, 9.17) is 4.74 Å². The maximum absolute atomic E-state index is 12.6. The Kier molecular flexibility index (Phi) is 6.54. The minimum Gasteiger partial charge on any atom is -0.497 e. The minimum atomic E-state index is -0.612. The molecule has 0 bridgehead atoms. The van der Waals surface area contributed by atoms with Crippen LogP contribution in [0.3, 0.4) is 0 Å². The third kappa shape index (κ3) is 4.82. The third-order valence-electron chi connectivity index (χ3n) is 5.58. The van der Waals surface area contributed by atoms with Crippen molar-refractivity contribution in [3.8, 4) is 5.75 Å². The van der Waals surface area contributed by atoms with E-state index >= 15 is 0 Å². The highest BCUT2D eigenvalue weighted by Gasteiger charge is 2.36. The van der Waals surface area contributed by atoms with Gasteiger partial charge < -0.3 is 20.3 Å². The molecule has 1 heterocycles. The average Bonchev–Trinajstić information content (AvgIpc) is 3.10.